The first-order valence-corrected chi connectivity index (χ1v) is 9.61. The second-order valence-electron chi connectivity index (χ2n) is 7.88. The highest BCUT2D eigenvalue weighted by atomic mass is 16.1. The first-order chi connectivity index (χ1) is 13.5. The lowest BCUT2D eigenvalue weighted by Crippen LogP contribution is -2.07. The van der Waals surface area contributed by atoms with Crippen molar-refractivity contribution in [2.75, 3.05) is 0 Å². The van der Waals surface area contributed by atoms with E-state index in [0.29, 0.717) is 17.0 Å². The Kier molecular flexibility index (Phi) is 3.56. The van der Waals surface area contributed by atoms with Gasteiger partial charge in [0.25, 0.3) is 0 Å². The molecule has 2 heterocycles. The van der Waals surface area contributed by atoms with Crippen molar-refractivity contribution in [2.45, 2.75) is 39.5 Å². The summed E-state index contributed by atoms with van der Waals surface area (Å²) in [6, 6.07) is 7.60. The number of benzene rings is 2. The fraction of sp³-hybridized carbons (Fsp3) is 0.261. The lowest BCUT2D eigenvalue weighted by atomic mass is 9.91. The Bertz CT molecular complexity index is 1290. The number of hydrogen-bond donors (Lipinski definition) is 0. The zero-order valence-electron chi connectivity index (χ0n) is 16.3. The van der Waals surface area contributed by atoms with Crippen LogP contribution in [0.5, 0.6) is 0 Å². The summed E-state index contributed by atoms with van der Waals surface area (Å²) in [6.45, 7) is 8.49. The molecule has 0 radical (unpaired) electrons. The molecule has 1 aliphatic carbocycles. The van der Waals surface area contributed by atoms with Crippen molar-refractivity contribution in [1.29, 1.82) is 0 Å². The quantitative estimate of drug-likeness (QED) is 0.409. The maximum atomic E-state index is 13.0. The van der Waals surface area contributed by atoms with E-state index >= 15 is 0 Å². The highest BCUT2D eigenvalue weighted by molar-refractivity contribution is 6.21. The van der Waals surface area contributed by atoms with Crippen LogP contribution in [0.2, 0.25) is 0 Å². The van der Waals surface area contributed by atoms with Crippen molar-refractivity contribution < 1.29 is 4.79 Å². The van der Waals surface area contributed by atoms with Gasteiger partial charge in [0.1, 0.15) is 11.4 Å². The van der Waals surface area contributed by atoms with E-state index in [0.717, 1.165) is 38.8 Å². The minimum absolute atomic E-state index is 0.0555. The van der Waals surface area contributed by atoms with Gasteiger partial charge in [-0.25, -0.2) is 9.97 Å². The van der Waals surface area contributed by atoms with E-state index in [2.05, 4.69) is 37.7 Å². The van der Waals surface area contributed by atoms with Gasteiger partial charge < -0.3 is 0 Å². The summed E-state index contributed by atoms with van der Waals surface area (Å²) < 4.78 is 0. The summed E-state index contributed by atoms with van der Waals surface area (Å²) in [5.74, 6) is 0.316. The predicted octanol–water partition coefficient (Wildman–Crippen LogP) is 5.03. The minimum Gasteiger partial charge on any atom is -0.287 e. The zero-order chi connectivity index (χ0) is 19.6. The molecule has 4 aromatic rings. The third-order valence-electron chi connectivity index (χ3n) is 5.41. The second-order valence-corrected chi connectivity index (χ2v) is 7.88. The Labute approximate surface area is 162 Å². The minimum atomic E-state index is -0.0555. The van der Waals surface area contributed by atoms with Crippen LogP contribution in [0.1, 0.15) is 66.7 Å². The number of fused-ring (bicyclic) bond motifs is 5. The standard InChI is InChI=1S/C23H20N4O/c1-11(2)15-18-19(25-10-9-24-18)16(12(3)4)21-20(15)26-17-13-7-5-6-8-14(13)23(28)22(17)27-21/h5-12H,1-4H3. The number of carbonyl (C=O) groups excluding carboxylic acids is 1. The summed E-state index contributed by atoms with van der Waals surface area (Å²) in [7, 11) is 0. The fourth-order valence-corrected chi connectivity index (χ4v) is 4.22. The summed E-state index contributed by atoms with van der Waals surface area (Å²) >= 11 is 0. The van der Waals surface area contributed by atoms with E-state index < -0.39 is 0 Å². The molecule has 5 nitrogen and oxygen atoms in total. The summed E-state index contributed by atoms with van der Waals surface area (Å²) in [6.07, 6.45) is 3.44. The zero-order valence-corrected chi connectivity index (χ0v) is 16.3. The molecule has 0 saturated carbocycles. The lowest BCUT2D eigenvalue weighted by molar-refractivity contribution is 0.103. The van der Waals surface area contributed by atoms with Gasteiger partial charge in [-0.05, 0) is 11.8 Å². The van der Waals surface area contributed by atoms with Crippen LogP contribution >= 0.6 is 0 Å². The number of aromatic nitrogens is 4. The number of nitrogens with zero attached hydrogens (tertiary/aromatic N) is 4. The smallest absolute Gasteiger partial charge is 0.214 e. The highest BCUT2D eigenvalue weighted by Crippen LogP contribution is 2.41. The number of hydrogen-bond acceptors (Lipinski definition) is 5. The summed E-state index contributed by atoms with van der Waals surface area (Å²) in [4.78, 5) is 32.1. The van der Waals surface area contributed by atoms with Crippen molar-refractivity contribution in [3.05, 3.63) is 59.0 Å². The van der Waals surface area contributed by atoms with Gasteiger partial charge >= 0.3 is 0 Å². The molecule has 0 fully saturated rings. The van der Waals surface area contributed by atoms with Crippen LogP contribution in [0, 0.1) is 0 Å². The molecular weight excluding hydrogens is 348 g/mol. The van der Waals surface area contributed by atoms with E-state index in [1.807, 2.05) is 24.3 Å². The summed E-state index contributed by atoms with van der Waals surface area (Å²) in [5.41, 5.74) is 8.01. The Hall–Kier alpha value is -3.21. The number of ketones is 1. The molecule has 138 valence electrons. The van der Waals surface area contributed by atoms with Gasteiger partial charge in [-0.1, -0.05) is 52.0 Å². The molecule has 0 bridgehead atoms. The second kappa shape index (κ2) is 5.89. The lowest BCUT2D eigenvalue weighted by Gasteiger charge is -2.18. The van der Waals surface area contributed by atoms with Crippen LogP contribution in [0.15, 0.2) is 36.7 Å². The SMILES string of the molecule is CC(C)c1c2nccnc2c(C(C)C)c2nc3c(nc12)C(=O)c1ccccc1-3. The van der Waals surface area contributed by atoms with Gasteiger partial charge in [0.2, 0.25) is 5.78 Å². The summed E-state index contributed by atoms with van der Waals surface area (Å²) in [5, 5.41) is 0. The maximum Gasteiger partial charge on any atom is 0.214 e. The molecule has 2 aromatic carbocycles. The molecule has 0 unspecified atom stereocenters. The number of carbonyl (C=O) groups is 1. The average molecular weight is 368 g/mol. The Morgan fingerprint density at radius 1 is 0.679 bits per heavy atom. The first-order valence-electron chi connectivity index (χ1n) is 9.61. The molecule has 1 aliphatic rings. The molecule has 0 spiro atoms. The molecule has 5 rings (SSSR count). The van der Waals surface area contributed by atoms with Crippen molar-refractivity contribution in [2.24, 2.45) is 0 Å². The van der Waals surface area contributed by atoms with Crippen molar-refractivity contribution in [3.63, 3.8) is 0 Å². The van der Waals surface area contributed by atoms with Crippen molar-refractivity contribution in [3.8, 4) is 11.3 Å². The van der Waals surface area contributed by atoms with Crippen molar-refractivity contribution in [1.82, 2.24) is 19.9 Å². The third-order valence-corrected chi connectivity index (χ3v) is 5.41. The van der Waals surface area contributed by atoms with Gasteiger partial charge in [0.05, 0.1) is 22.1 Å². The van der Waals surface area contributed by atoms with E-state index in [1.165, 1.54) is 0 Å². The monoisotopic (exact) mass is 368 g/mol. The van der Waals surface area contributed by atoms with Crippen molar-refractivity contribution >= 4 is 27.9 Å². The maximum absolute atomic E-state index is 13.0. The molecule has 2 aromatic heterocycles. The number of rotatable bonds is 2. The van der Waals surface area contributed by atoms with Crippen LogP contribution in [-0.2, 0) is 0 Å². The molecular formula is C23H20N4O. The molecule has 0 N–H and O–H groups in total. The fourth-order valence-electron chi connectivity index (χ4n) is 4.22. The van der Waals surface area contributed by atoms with Gasteiger partial charge in [0, 0.05) is 34.6 Å². The molecule has 5 heteroatoms. The predicted molar refractivity (Wildman–Crippen MR) is 110 cm³/mol. The highest BCUT2D eigenvalue weighted by Gasteiger charge is 2.32. The van der Waals surface area contributed by atoms with Crippen LogP contribution in [-0.4, -0.2) is 25.7 Å². The van der Waals surface area contributed by atoms with E-state index in [1.54, 1.807) is 12.4 Å². The van der Waals surface area contributed by atoms with E-state index in [9.17, 15) is 4.79 Å². The van der Waals surface area contributed by atoms with Gasteiger partial charge in [-0.3, -0.25) is 14.8 Å². The molecule has 0 amide bonds. The van der Waals surface area contributed by atoms with Gasteiger partial charge in [-0.15, -0.1) is 0 Å². The normalized spacial score (nSPS) is 13.0. The van der Waals surface area contributed by atoms with Crippen LogP contribution in [0.4, 0.5) is 0 Å². The largest absolute Gasteiger partial charge is 0.287 e. The average Bonchev–Trinajstić information content (AvgIpc) is 2.96. The molecule has 0 saturated heterocycles. The van der Waals surface area contributed by atoms with Crippen LogP contribution in [0.3, 0.4) is 0 Å². The van der Waals surface area contributed by atoms with Crippen LogP contribution in [0.25, 0.3) is 33.3 Å². The van der Waals surface area contributed by atoms with Gasteiger partial charge in [0.15, 0.2) is 0 Å². The molecule has 0 atom stereocenters. The first kappa shape index (κ1) is 16.9. The topological polar surface area (TPSA) is 68.6 Å². The Morgan fingerprint density at radius 3 is 1.71 bits per heavy atom. The van der Waals surface area contributed by atoms with Crippen LogP contribution < -0.4 is 0 Å². The van der Waals surface area contributed by atoms with E-state index in [4.69, 9.17) is 9.97 Å². The Balaban J connectivity index is 2.01. The molecule has 28 heavy (non-hydrogen) atoms. The van der Waals surface area contributed by atoms with Gasteiger partial charge in [-0.2, -0.15) is 0 Å². The Morgan fingerprint density at radius 2 is 1.18 bits per heavy atom. The third kappa shape index (κ3) is 2.16. The molecule has 0 aliphatic heterocycles. The van der Waals surface area contributed by atoms with E-state index in [-0.39, 0.29) is 17.6 Å².